The molecule has 0 amide bonds. The van der Waals surface area contributed by atoms with Gasteiger partial charge in [0.15, 0.2) is 0 Å². The summed E-state index contributed by atoms with van der Waals surface area (Å²) in [6.45, 7) is 26.5. The Bertz CT molecular complexity index is 1210. The standard InChI is InChI=1S/C37H53N3/c1-19(2)28-13-25(14-29(20(3)4)35(28)38)34(26-15-30(21(5)6)36(39)31(16-26)22(7)8)27-17-32(23(9)10)37(40)33(18-27)24(11)12/h13-24,38H,39-40H2,1-12H3. The Hall–Kier alpha value is -3.07. The van der Waals surface area contributed by atoms with Gasteiger partial charge in [0.2, 0.25) is 0 Å². The van der Waals surface area contributed by atoms with Crippen LogP contribution in [0, 0.1) is 17.2 Å². The number of anilines is 2. The van der Waals surface area contributed by atoms with Gasteiger partial charge in [0.05, 0.1) is 5.71 Å². The maximum Gasteiger partial charge on any atom is 0.0609 e. The Morgan fingerprint density at radius 2 is 0.775 bits per heavy atom. The van der Waals surface area contributed by atoms with Gasteiger partial charge in [0.25, 0.3) is 0 Å². The molecule has 40 heavy (non-hydrogen) atoms. The highest BCUT2D eigenvalue weighted by Gasteiger charge is 2.26. The second-order valence-corrected chi connectivity index (χ2v) is 13.5. The molecule has 3 rings (SSSR count). The third-order valence-corrected chi connectivity index (χ3v) is 8.29. The van der Waals surface area contributed by atoms with E-state index in [9.17, 15) is 0 Å². The van der Waals surface area contributed by atoms with Gasteiger partial charge in [-0.15, -0.1) is 0 Å². The fourth-order valence-electron chi connectivity index (χ4n) is 5.84. The van der Waals surface area contributed by atoms with Crippen LogP contribution >= 0.6 is 0 Å². The van der Waals surface area contributed by atoms with E-state index in [1.165, 1.54) is 39.0 Å². The van der Waals surface area contributed by atoms with E-state index in [1.807, 2.05) is 0 Å². The lowest BCUT2D eigenvalue weighted by Crippen LogP contribution is -2.18. The second-order valence-electron chi connectivity index (χ2n) is 13.5. The maximum absolute atomic E-state index is 9.03. The fraction of sp³-hybridized carbons (Fsp3) is 0.486. The number of rotatable bonds is 8. The first-order valence-corrected chi connectivity index (χ1v) is 15.2. The molecular weight excluding hydrogens is 486 g/mol. The Balaban J connectivity index is 2.61. The van der Waals surface area contributed by atoms with E-state index in [2.05, 4.69) is 120 Å². The minimum Gasteiger partial charge on any atom is -0.398 e. The minimum atomic E-state index is 0.249. The van der Waals surface area contributed by atoms with Crippen LogP contribution < -0.4 is 11.5 Å². The van der Waals surface area contributed by atoms with Gasteiger partial charge >= 0.3 is 0 Å². The summed E-state index contributed by atoms with van der Waals surface area (Å²) in [7, 11) is 0. The number of allylic oxidation sites excluding steroid dienone is 5. The molecule has 0 spiro atoms. The molecule has 0 aliphatic heterocycles. The first-order valence-electron chi connectivity index (χ1n) is 15.2. The minimum absolute atomic E-state index is 0.249. The van der Waals surface area contributed by atoms with Crippen molar-refractivity contribution in [2.45, 2.75) is 107 Å². The van der Waals surface area contributed by atoms with Crippen LogP contribution in [0.15, 0.2) is 53.1 Å². The number of benzene rings is 2. The molecule has 1 aliphatic rings. The molecule has 0 aromatic heterocycles. The van der Waals surface area contributed by atoms with E-state index >= 15 is 0 Å². The van der Waals surface area contributed by atoms with E-state index in [0.29, 0.717) is 29.4 Å². The number of hydrogen-bond acceptors (Lipinski definition) is 3. The molecule has 0 saturated carbocycles. The van der Waals surface area contributed by atoms with Crippen molar-refractivity contribution < 1.29 is 0 Å². The van der Waals surface area contributed by atoms with Gasteiger partial charge in [0, 0.05) is 11.4 Å². The summed E-state index contributed by atoms with van der Waals surface area (Å²) in [5.41, 5.74) is 27.7. The smallest absolute Gasteiger partial charge is 0.0609 e. The number of nitrogens with two attached hydrogens (primary N) is 2. The largest absolute Gasteiger partial charge is 0.398 e. The van der Waals surface area contributed by atoms with Crippen molar-refractivity contribution in [2.24, 2.45) is 11.8 Å². The second kappa shape index (κ2) is 12.2. The molecular formula is C37H53N3. The quantitative estimate of drug-likeness (QED) is 0.292. The molecule has 3 heteroatoms. The van der Waals surface area contributed by atoms with Crippen LogP contribution in [0.1, 0.15) is 140 Å². The van der Waals surface area contributed by atoms with Gasteiger partial charge in [-0.05, 0) is 128 Å². The van der Waals surface area contributed by atoms with E-state index in [-0.39, 0.29) is 11.8 Å². The lowest BCUT2D eigenvalue weighted by molar-refractivity contribution is 0.769. The van der Waals surface area contributed by atoms with Crippen molar-refractivity contribution in [1.29, 1.82) is 5.41 Å². The highest BCUT2D eigenvalue weighted by molar-refractivity contribution is 6.13. The van der Waals surface area contributed by atoms with Crippen molar-refractivity contribution in [1.82, 2.24) is 0 Å². The molecule has 216 valence electrons. The SMILES string of the molecule is CC(C)C1=CC(=C(c2cc(C(C)C)c(N)c(C(C)C)c2)c2cc(C(C)C)c(N)c(C(C)C)c2)C=C(C(C)C)C1=N. The summed E-state index contributed by atoms with van der Waals surface area (Å²) in [5.74, 6) is 1.70. The van der Waals surface area contributed by atoms with Crippen molar-refractivity contribution in [2.75, 3.05) is 11.5 Å². The molecule has 5 N–H and O–H groups in total. The molecule has 2 aromatic carbocycles. The Morgan fingerprint density at radius 3 is 1.00 bits per heavy atom. The van der Waals surface area contributed by atoms with Gasteiger partial charge in [-0.1, -0.05) is 83.1 Å². The summed E-state index contributed by atoms with van der Waals surface area (Å²) in [6, 6.07) is 9.22. The highest BCUT2D eigenvalue weighted by Crippen LogP contribution is 2.42. The summed E-state index contributed by atoms with van der Waals surface area (Å²) >= 11 is 0. The maximum atomic E-state index is 9.03. The Kier molecular flexibility index (Phi) is 9.60. The third kappa shape index (κ3) is 6.14. The summed E-state index contributed by atoms with van der Waals surface area (Å²) in [6.07, 6.45) is 4.52. The molecule has 0 bridgehead atoms. The molecule has 0 atom stereocenters. The molecule has 1 aliphatic carbocycles. The molecule has 0 fully saturated rings. The topological polar surface area (TPSA) is 75.9 Å². The molecule has 3 nitrogen and oxygen atoms in total. The summed E-state index contributed by atoms with van der Waals surface area (Å²) in [4.78, 5) is 0. The number of nitrogens with one attached hydrogen (secondary N) is 1. The van der Waals surface area contributed by atoms with Crippen LogP contribution in [0.4, 0.5) is 11.4 Å². The zero-order valence-electron chi connectivity index (χ0n) is 27.1. The van der Waals surface area contributed by atoms with E-state index in [1.54, 1.807) is 0 Å². The van der Waals surface area contributed by atoms with Gasteiger partial charge < -0.3 is 16.9 Å². The lowest BCUT2D eigenvalue weighted by Gasteiger charge is -2.27. The normalized spacial score (nSPS) is 14.3. The van der Waals surface area contributed by atoms with Crippen LogP contribution in [0.2, 0.25) is 0 Å². The molecule has 2 aromatic rings. The van der Waals surface area contributed by atoms with Crippen molar-refractivity contribution >= 4 is 22.7 Å². The van der Waals surface area contributed by atoms with E-state index in [4.69, 9.17) is 16.9 Å². The monoisotopic (exact) mass is 539 g/mol. The zero-order chi connectivity index (χ0) is 30.2. The first-order chi connectivity index (χ1) is 18.6. The average molecular weight is 540 g/mol. The molecule has 0 heterocycles. The number of hydrogen-bond donors (Lipinski definition) is 3. The van der Waals surface area contributed by atoms with Crippen LogP contribution in [0.3, 0.4) is 0 Å². The van der Waals surface area contributed by atoms with Gasteiger partial charge in [0.1, 0.15) is 0 Å². The third-order valence-electron chi connectivity index (χ3n) is 8.29. The van der Waals surface area contributed by atoms with E-state index in [0.717, 1.165) is 28.1 Å². The number of nitrogen functional groups attached to an aromatic ring is 2. The highest BCUT2D eigenvalue weighted by atomic mass is 14.6. The fourth-order valence-corrected chi connectivity index (χ4v) is 5.84. The lowest BCUT2D eigenvalue weighted by atomic mass is 9.78. The van der Waals surface area contributed by atoms with Crippen LogP contribution in [-0.2, 0) is 0 Å². The van der Waals surface area contributed by atoms with Gasteiger partial charge in [-0.3, -0.25) is 0 Å². The van der Waals surface area contributed by atoms with Gasteiger partial charge in [-0.25, -0.2) is 0 Å². The van der Waals surface area contributed by atoms with Crippen molar-refractivity contribution in [3.8, 4) is 0 Å². The molecule has 0 radical (unpaired) electrons. The Labute approximate surface area is 244 Å². The predicted molar refractivity (Wildman–Crippen MR) is 178 cm³/mol. The molecule has 0 saturated heterocycles. The summed E-state index contributed by atoms with van der Waals surface area (Å²) in [5, 5.41) is 9.03. The van der Waals surface area contributed by atoms with Crippen molar-refractivity contribution in [3.05, 3.63) is 86.5 Å². The Morgan fingerprint density at radius 1 is 0.500 bits per heavy atom. The van der Waals surface area contributed by atoms with Crippen LogP contribution in [0.5, 0.6) is 0 Å². The molecule has 0 unspecified atom stereocenters. The first kappa shape index (κ1) is 31.5. The zero-order valence-corrected chi connectivity index (χ0v) is 27.1. The van der Waals surface area contributed by atoms with Gasteiger partial charge in [-0.2, -0.15) is 0 Å². The van der Waals surface area contributed by atoms with Crippen LogP contribution in [0.25, 0.3) is 5.57 Å². The van der Waals surface area contributed by atoms with Crippen LogP contribution in [-0.4, -0.2) is 5.71 Å². The predicted octanol–water partition coefficient (Wildman–Crippen LogP) is 10.3. The summed E-state index contributed by atoms with van der Waals surface area (Å²) < 4.78 is 0. The average Bonchev–Trinajstić information content (AvgIpc) is 2.85. The van der Waals surface area contributed by atoms with Crippen molar-refractivity contribution in [3.63, 3.8) is 0 Å². The van der Waals surface area contributed by atoms with E-state index < -0.39 is 0 Å².